The van der Waals surface area contributed by atoms with Gasteiger partial charge in [0.2, 0.25) is 0 Å². The summed E-state index contributed by atoms with van der Waals surface area (Å²) in [6.45, 7) is 0. The van der Waals surface area contributed by atoms with Crippen molar-refractivity contribution in [2.24, 2.45) is 0 Å². The van der Waals surface area contributed by atoms with Crippen LogP contribution in [0.15, 0.2) is 77.2 Å². The van der Waals surface area contributed by atoms with Crippen LogP contribution in [0, 0.1) is 11.6 Å². The third-order valence-electron chi connectivity index (χ3n) is 3.88. The predicted octanol–water partition coefficient (Wildman–Crippen LogP) is 5.14. The molecule has 4 aromatic rings. The van der Waals surface area contributed by atoms with Crippen LogP contribution in [0.2, 0.25) is 0 Å². The second-order valence-electron chi connectivity index (χ2n) is 6.06. The van der Waals surface area contributed by atoms with Crippen LogP contribution in [0.5, 0.6) is 11.5 Å². The molecule has 9 heteroatoms. The lowest BCUT2D eigenvalue weighted by atomic mass is 10.3. The summed E-state index contributed by atoms with van der Waals surface area (Å²) in [5.41, 5.74) is 0.687. The van der Waals surface area contributed by atoms with E-state index in [1.807, 2.05) is 30.3 Å². The number of aromatic nitrogens is 2. The summed E-state index contributed by atoms with van der Waals surface area (Å²) in [6, 6.07) is 19.0. The third kappa shape index (κ3) is 4.58. The molecule has 0 aliphatic rings. The molecule has 4 rings (SSSR count). The first-order chi connectivity index (χ1) is 14.6. The molecule has 0 atom stereocenters. The molecule has 0 radical (unpaired) electrons. The molecule has 0 unspecified atom stereocenters. The molecule has 0 saturated heterocycles. The third-order valence-corrected chi connectivity index (χ3v) is 3.88. The standard InChI is InChI=1S/C21H14F2N4O3/c22-17-11-8-14(12-18(17)23)25-21-27-26-20(30-21)19(28)24-13-6-9-16(10-7-13)29-15-4-2-1-3-5-15/h1-12H,(H,24,28)(H,25,27). The number of hydrogen-bond donors (Lipinski definition) is 2. The molecule has 1 heterocycles. The van der Waals surface area contributed by atoms with Gasteiger partial charge in [-0.2, -0.15) is 0 Å². The van der Waals surface area contributed by atoms with Gasteiger partial charge in [0.1, 0.15) is 11.5 Å². The van der Waals surface area contributed by atoms with E-state index >= 15 is 0 Å². The first-order valence-electron chi connectivity index (χ1n) is 8.77. The number of ether oxygens (including phenoxy) is 1. The lowest BCUT2D eigenvalue weighted by Crippen LogP contribution is -2.12. The van der Waals surface area contributed by atoms with Crippen LogP contribution in [0.1, 0.15) is 10.7 Å². The van der Waals surface area contributed by atoms with Crippen molar-refractivity contribution in [2.45, 2.75) is 0 Å². The van der Waals surface area contributed by atoms with Gasteiger partial charge in [-0.1, -0.05) is 23.3 Å². The van der Waals surface area contributed by atoms with Crippen molar-refractivity contribution < 1.29 is 22.7 Å². The summed E-state index contributed by atoms with van der Waals surface area (Å²) < 4.78 is 37.1. The van der Waals surface area contributed by atoms with E-state index in [2.05, 4.69) is 20.8 Å². The Morgan fingerprint density at radius 2 is 1.53 bits per heavy atom. The Morgan fingerprint density at radius 1 is 0.833 bits per heavy atom. The van der Waals surface area contributed by atoms with Crippen molar-refractivity contribution in [1.29, 1.82) is 0 Å². The Kier molecular flexibility index (Phi) is 5.33. The second kappa shape index (κ2) is 8.39. The van der Waals surface area contributed by atoms with E-state index in [1.165, 1.54) is 6.07 Å². The van der Waals surface area contributed by atoms with Crippen molar-refractivity contribution in [3.05, 3.63) is 90.3 Å². The van der Waals surface area contributed by atoms with Crippen molar-refractivity contribution in [1.82, 2.24) is 10.2 Å². The molecule has 0 bridgehead atoms. The number of amides is 1. The molecular formula is C21H14F2N4O3. The number of halogens is 2. The first kappa shape index (κ1) is 19.1. The molecule has 1 amide bonds. The second-order valence-corrected chi connectivity index (χ2v) is 6.06. The monoisotopic (exact) mass is 408 g/mol. The van der Waals surface area contributed by atoms with Gasteiger partial charge in [0.05, 0.1) is 0 Å². The maximum absolute atomic E-state index is 13.3. The predicted molar refractivity (Wildman–Crippen MR) is 105 cm³/mol. The van der Waals surface area contributed by atoms with Crippen LogP contribution in [-0.4, -0.2) is 16.1 Å². The summed E-state index contributed by atoms with van der Waals surface area (Å²) in [5.74, 6) is -1.64. The molecule has 3 aromatic carbocycles. The van der Waals surface area contributed by atoms with Gasteiger partial charge in [0, 0.05) is 17.4 Å². The average molecular weight is 408 g/mol. The summed E-state index contributed by atoms with van der Waals surface area (Å²) in [6.07, 6.45) is 0. The topological polar surface area (TPSA) is 89.3 Å². The quantitative estimate of drug-likeness (QED) is 0.459. The highest BCUT2D eigenvalue weighted by Gasteiger charge is 2.16. The van der Waals surface area contributed by atoms with E-state index in [1.54, 1.807) is 24.3 Å². The van der Waals surface area contributed by atoms with Gasteiger partial charge in [-0.25, -0.2) is 8.78 Å². The van der Waals surface area contributed by atoms with Crippen LogP contribution in [0.3, 0.4) is 0 Å². The van der Waals surface area contributed by atoms with Crippen molar-refractivity contribution in [2.75, 3.05) is 10.6 Å². The van der Waals surface area contributed by atoms with Crippen molar-refractivity contribution in [3.8, 4) is 11.5 Å². The SMILES string of the molecule is O=C(Nc1ccc(Oc2ccccc2)cc1)c1nnc(Nc2ccc(F)c(F)c2)o1. The zero-order valence-corrected chi connectivity index (χ0v) is 15.3. The molecule has 30 heavy (non-hydrogen) atoms. The van der Waals surface area contributed by atoms with E-state index in [0.29, 0.717) is 17.2 Å². The number of rotatable bonds is 6. The van der Waals surface area contributed by atoms with E-state index in [-0.39, 0.29) is 17.6 Å². The lowest BCUT2D eigenvalue weighted by Gasteiger charge is -2.07. The molecule has 0 fully saturated rings. The van der Waals surface area contributed by atoms with E-state index in [9.17, 15) is 13.6 Å². The van der Waals surface area contributed by atoms with Gasteiger partial charge < -0.3 is 19.8 Å². The fraction of sp³-hybridized carbons (Fsp3) is 0. The van der Waals surface area contributed by atoms with Crippen LogP contribution >= 0.6 is 0 Å². The molecule has 2 N–H and O–H groups in total. The Balaban J connectivity index is 1.37. The zero-order valence-electron chi connectivity index (χ0n) is 15.3. The summed E-state index contributed by atoms with van der Waals surface area (Å²) in [4.78, 5) is 12.3. The zero-order chi connectivity index (χ0) is 20.9. The lowest BCUT2D eigenvalue weighted by molar-refractivity contribution is 0.0991. The molecule has 0 aliphatic heterocycles. The van der Waals surface area contributed by atoms with E-state index in [0.717, 1.165) is 12.1 Å². The van der Waals surface area contributed by atoms with Crippen LogP contribution < -0.4 is 15.4 Å². The van der Waals surface area contributed by atoms with Crippen molar-refractivity contribution >= 4 is 23.3 Å². The maximum Gasteiger partial charge on any atom is 0.320 e. The maximum atomic E-state index is 13.3. The Bertz CT molecular complexity index is 1160. The molecule has 0 spiro atoms. The summed E-state index contributed by atoms with van der Waals surface area (Å²) in [5, 5.41) is 12.5. The van der Waals surface area contributed by atoms with E-state index in [4.69, 9.17) is 9.15 Å². The number of nitrogens with zero attached hydrogens (tertiary/aromatic N) is 2. The number of benzene rings is 3. The number of carbonyl (C=O) groups excluding carboxylic acids is 1. The van der Waals surface area contributed by atoms with Gasteiger partial charge in [-0.15, -0.1) is 5.10 Å². The van der Waals surface area contributed by atoms with E-state index < -0.39 is 17.5 Å². The average Bonchev–Trinajstić information content (AvgIpc) is 3.22. The molecule has 0 aliphatic carbocycles. The highest BCUT2D eigenvalue weighted by Crippen LogP contribution is 2.23. The Morgan fingerprint density at radius 3 is 2.27 bits per heavy atom. The largest absolute Gasteiger partial charge is 0.457 e. The normalized spacial score (nSPS) is 10.5. The van der Waals surface area contributed by atoms with Crippen molar-refractivity contribution in [3.63, 3.8) is 0 Å². The minimum absolute atomic E-state index is 0.141. The number of nitrogens with one attached hydrogen (secondary N) is 2. The molecular weight excluding hydrogens is 394 g/mol. The summed E-state index contributed by atoms with van der Waals surface area (Å²) >= 11 is 0. The van der Waals surface area contributed by atoms with Crippen LogP contribution in [-0.2, 0) is 0 Å². The number of anilines is 3. The number of hydrogen-bond acceptors (Lipinski definition) is 6. The van der Waals surface area contributed by atoms with Gasteiger partial charge in [-0.3, -0.25) is 4.79 Å². The Labute approximate surface area is 169 Å². The Hall–Kier alpha value is -4.27. The molecule has 1 aromatic heterocycles. The van der Waals surface area contributed by atoms with Gasteiger partial charge in [0.15, 0.2) is 11.6 Å². The molecule has 150 valence electrons. The van der Waals surface area contributed by atoms with Crippen LogP contribution in [0.4, 0.5) is 26.2 Å². The highest BCUT2D eigenvalue weighted by atomic mass is 19.2. The smallest absolute Gasteiger partial charge is 0.320 e. The molecule has 0 saturated carbocycles. The van der Waals surface area contributed by atoms with Crippen LogP contribution in [0.25, 0.3) is 0 Å². The number of carbonyl (C=O) groups is 1. The van der Waals surface area contributed by atoms with Gasteiger partial charge in [-0.05, 0) is 48.5 Å². The fourth-order valence-corrected chi connectivity index (χ4v) is 2.48. The first-order valence-corrected chi connectivity index (χ1v) is 8.77. The van der Waals surface area contributed by atoms with Gasteiger partial charge >= 0.3 is 17.8 Å². The van der Waals surface area contributed by atoms with Gasteiger partial charge in [0.25, 0.3) is 0 Å². The highest BCUT2D eigenvalue weighted by molar-refractivity contribution is 6.00. The fourth-order valence-electron chi connectivity index (χ4n) is 2.48. The minimum atomic E-state index is -1.03. The number of para-hydroxylation sites is 1. The summed E-state index contributed by atoms with van der Waals surface area (Å²) in [7, 11) is 0. The molecule has 7 nitrogen and oxygen atoms in total. The minimum Gasteiger partial charge on any atom is -0.457 e.